The summed E-state index contributed by atoms with van der Waals surface area (Å²) in [6, 6.07) is 7.35. The van der Waals surface area contributed by atoms with E-state index in [-0.39, 0.29) is 11.5 Å². The molecule has 3 nitrogen and oxygen atoms in total. The van der Waals surface area contributed by atoms with Gasteiger partial charge in [-0.15, -0.1) is 0 Å². The first-order chi connectivity index (χ1) is 9.05. The minimum absolute atomic E-state index is 0.0810. The van der Waals surface area contributed by atoms with Crippen molar-refractivity contribution in [2.24, 2.45) is 0 Å². The van der Waals surface area contributed by atoms with E-state index >= 15 is 0 Å². The highest BCUT2D eigenvalue weighted by atomic mass is 35.5. The molecule has 1 aliphatic carbocycles. The van der Waals surface area contributed by atoms with E-state index in [1.54, 1.807) is 12.1 Å². The first-order valence-electron chi connectivity index (χ1n) is 6.47. The second-order valence-electron chi connectivity index (χ2n) is 4.96. The molecule has 0 aromatic heterocycles. The first kappa shape index (κ1) is 14.2. The SMILES string of the molecule is CC[C@@H](OC)C(=N)C(=O)C1(c2ccc(Cl)cc2)CC1. The number of nitrogens with one attached hydrogen (secondary N) is 1. The number of carbonyl (C=O) groups excluding carboxylic acids is 1. The smallest absolute Gasteiger partial charge is 0.189 e. The lowest BCUT2D eigenvalue weighted by atomic mass is 9.87. The van der Waals surface area contributed by atoms with Gasteiger partial charge in [0.25, 0.3) is 0 Å². The molecule has 19 heavy (non-hydrogen) atoms. The molecule has 1 saturated carbocycles. The van der Waals surface area contributed by atoms with Gasteiger partial charge in [-0.1, -0.05) is 30.7 Å². The summed E-state index contributed by atoms with van der Waals surface area (Å²) in [5, 5.41) is 8.70. The van der Waals surface area contributed by atoms with Crippen molar-refractivity contribution in [1.82, 2.24) is 0 Å². The number of methoxy groups -OCH3 is 1. The Morgan fingerprint density at radius 3 is 2.42 bits per heavy atom. The number of benzene rings is 1. The minimum atomic E-state index is -0.506. The molecule has 1 aromatic carbocycles. The lowest BCUT2D eigenvalue weighted by Gasteiger charge is -2.19. The van der Waals surface area contributed by atoms with E-state index in [4.69, 9.17) is 21.7 Å². The predicted molar refractivity (Wildman–Crippen MR) is 76.2 cm³/mol. The van der Waals surface area contributed by atoms with Crippen molar-refractivity contribution < 1.29 is 9.53 Å². The molecular weight excluding hydrogens is 262 g/mol. The van der Waals surface area contributed by atoms with Gasteiger partial charge in [0.1, 0.15) is 11.8 Å². The fourth-order valence-corrected chi connectivity index (χ4v) is 2.56. The molecule has 0 spiro atoms. The second kappa shape index (κ2) is 5.43. The van der Waals surface area contributed by atoms with Crippen molar-refractivity contribution in [3.63, 3.8) is 0 Å². The summed E-state index contributed by atoms with van der Waals surface area (Å²) in [5.74, 6) is -0.108. The molecule has 1 N–H and O–H groups in total. The third kappa shape index (κ3) is 2.58. The molecule has 0 bridgehead atoms. The van der Waals surface area contributed by atoms with Crippen LogP contribution in [0.3, 0.4) is 0 Å². The van der Waals surface area contributed by atoms with Gasteiger partial charge in [0.2, 0.25) is 0 Å². The zero-order chi connectivity index (χ0) is 14.0. The number of halogens is 1. The topological polar surface area (TPSA) is 50.1 Å². The van der Waals surface area contributed by atoms with Crippen molar-refractivity contribution >= 4 is 23.1 Å². The van der Waals surface area contributed by atoms with Crippen LogP contribution < -0.4 is 0 Å². The van der Waals surface area contributed by atoms with E-state index < -0.39 is 11.5 Å². The van der Waals surface area contributed by atoms with Crippen molar-refractivity contribution in [2.75, 3.05) is 7.11 Å². The zero-order valence-electron chi connectivity index (χ0n) is 11.2. The average Bonchev–Trinajstić information content (AvgIpc) is 3.21. The Balaban J connectivity index is 2.23. The molecule has 1 aliphatic rings. The number of Topliss-reactive ketones (excluding diaryl/α,β-unsaturated/α-hetero) is 1. The van der Waals surface area contributed by atoms with Crippen molar-refractivity contribution in [3.8, 4) is 0 Å². The van der Waals surface area contributed by atoms with Gasteiger partial charge in [-0.25, -0.2) is 0 Å². The Morgan fingerprint density at radius 2 is 2.00 bits per heavy atom. The van der Waals surface area contributed by atoms with Crippen molar-refractivity contribution in [2.45, 2.75) is 37.7 Å². The van der Waals surface area contributed by atoms with E-state index in [1.807, 2.05) is 19.1 Å². The van der Waals surface area contributed by atoms with E-state index in [0.29, 0.717) is 11.4 Å². The lowest BCUT2D eigenvalue weighted by Crippen LogP contribution is -2.36. The Hall–Kier alpha value is -1.19. The number of rotatable bonds is 6. The number of hydrogen-bond donors (Lipinski definition) is 1. The first-order valence-corrected chi connectivity index (χ1v) is 6.85. The minimum Gasteiger partial charge on any atom is -0.375 e. The quantitative estimate of drug-likeness (QED) is 0.812. The fourth-order valence-electron chi connectivity index (χ4n) is 2.43. The molecule has 0 radical (unpaired) electrons. The van der Waals surface area contributed by atoms with Gasteiger partial charge >= 0.3 is 0 Å². The molecule has 1 atom stereocenters. The summed E-state index contributed by atoms with van der Waals surface area (Å²) < 4.78 is 5.19. The van der Waals surface area contributed by atoms with Gasteiger partial charge < -0.3 is 4.74 Å². The van der Waals surface area contributed by atoms with Gasteiger partial charge in [0.05, 0.1) is 5.41 Å². The Bertz CT molecular complexity index is 487. The van der Waals surface area contributed by atoms with Crippen LogP contribution in [0.5, 0.6) is 0 Å². The average molecular weight is 280 g/mol. The van der Waals surface area contributed by atoms with Gasteiger partial charge in [-0.3, -0.25) is 10.2 Å². The van der Waals surface area contributed by atoms with Crippen molar-refractivity contribution in [1.29, 1.82) is 5.41 Å². The van der Waals surface area contributed by atoms with Crippen LogP contribution in [-0.2, 0) is 14.9 Å². The fraction of sp³-hybridized carbons (Fsp3) is 0.467. The zero-order valence-corrected chi connectivity index (χ0v) is 12.0. The molecule has 0 aliphatic heterocycles. The Labute approximate surface area is 118 Å². The van der Waals surface area contributed by atoms with Gasteiger partial charge in [-0.2, -0.15) is 0 Å². The van der Waals surface area contributed by atoms with Crippen molar-refractivity contribution in [3.05, 3.63) is 34.9 Å². The maximum atomic E-state index is 12.5. The van der Waals surface area contributed by atoms with E-state index in [0.717, 1.165) is 18.4 Å². The van der Waals surface area contributed by atoms with E-state index in [1.165, 1.54) is 7.11 Å². The third-order valence-corrected chi connectivity index (χ3v) is 4.06. The summed E-state index contributed by atoms with van der Waals surface area (Å²) in [7, 11) is 1.54. The summed E-state index contributed by atoms with van der Waals surface area (Å²) in [4.78, 5) is 12.5. The second-order valence-corrected chi connectivity index (χ2v) is 5.40. The van der Waals surface area contributed by atoms with Crippen LogP contribution in [0.15, 0.2) is 24.3 Å². The molecular formula is C15H18ClNO2. The molecule has 0 unspecified atom stereocenters. The summed E-state index contributed by atoms with van der Waals surface area (Å²) in [5.41, 5.74) is 0.531. The van der Waals surface area contributed by atoms with Crippen LogP contribution in [0.1, 0.15) is 31.7 Å². The highest BCUT2D eigenvalue weighted by Gasteiger charge is 2.52. The number of hydrogen-bond acceptors (Lipinski definition) is 3. The highest BCUT2D eigenvalue weighted by molar-refractivity contribution is 6.44. The number of carbonyl (C=O) groups is 1. The summed E-state index contributed by atoms with van der Waals surface area (Å²) in [6.07, 6.45) is 1.83. The predicted octanol–water partition coefficient (Wildman–Crippen LogP) is 3.39. The third-order valence-electron chi connectivity index (χ3n) is 3.80. The molecule has 0 amide bonds. The number of ether oxygens (including phenoxy) is 1. The molecule has 2 rings (SSSR count). The Kier molecular flexibility index (Phi) is 4.07. The lowest BCUT2D eigenvalue weighted by molar-refractivity contribution is -0.115. The normalized spacial score (nSPS) is 17.8. The molecule has 102 valence electrons. The summed E-state index contributed by atoms with van der Waals surface area (Å²) in [6.45, 7) is 1.91. The maximum absolute atomic E-state index is 12.5. The highest BCUT2D eigenvalue weighted by Crippen LogP contribution is 2.49. The van der Waals surface area contributed by atoms with Crippen LogP contribution in [0, 0.1) is 5.41 Å². The largest absolute Gasteiger partial charge is 0.375 e. The van der Waals surface area contributed by atoms with Crippen LogP contribution in [0.2, 0.25) is 5.02 Å². The standard InChI is InChI=1S/C15H18ClNO2/c1-3-12(19-2)13(17)14(18)15(8-9-15)10-4-6-11(16)7-5-10/h4-7,12,17H,3,8-9H2,1-2H3/t12-/m1/s1. The van der Waals surface area contributed by atoms with E-state index in [9.17, 15) is 4.79 Å². The van der Waals surface area contributed by atoms with E-state index in [2.05, 4.69) is 0 Å². The van der Waals surface area contributed by atoms with Gasteiger partial charge in [-0.05, 0) is 37.0 Å². The summed E-state index contributed by atoms with van der Waals surface area (Å²) >= 11 is 5.87. The van der Waals surface area contributed by atoms with Crippen LogP contribution >= 0.6 is 11.6 Å². The van der Waals surface area contributed by atoms with Crippen LogP contribution in [-0.4, -0.2) is 24.7 Å². The molecule has 1 aromatic rings. The maximum Gasteiger partial charge on any atom is 0.189 e. The van der Waals surface area contributed by atoms with Crippen LogP contribution in [0.4, 0.5) is 0 Å². The Morgan fingerprint density at radius 1 is 1.42 bits per heavy atom. The molecule has 0 saturated heterocycles. The molecule has 0 heterocycles. The molecule has 1 fully saturated rings. The molecule has 4 heteroatoms. The van der Waals surface area contributed by atoms with Crippen LogP contribution in [0.25, 0.3) is 0 Å². The van der Waals surface area contributed by atoms with Gasteiger partial charge in [0, 0.05) is 12.1 Å². The number of ketones is 1. The monoisotopic (exact) mass is 279 g/mol. The van der Waals surface area contributed by atoms with Gasteiger partial charge in [0.15, 0.2) is 5.78 Å².